The van der Waals surface area contributed by atoms with E-state index >= 15 is 0 Å². The van der Waals surface area contributed by atoms with Crippen molar-refractivity contribution in [2.24, 2.45) is 9.98 Å². The molecule has 0 aliphatic carbocycles. The highest BCUT2D eigenvalue weighted by molar-refractivity contribution is 5.83. The Morgan fingerprint density at radius 2 is 1.15 bits per heavy atom. The first-order valence-electron chi connectivity index (χ1n) is 8.64. The molecule has 0 spiro atoms. The molecule has 0 aliphatic heterocycles. The third kappa shape index (κ3) is 8.14. The number of nitrogens with zero attached hydrogens (tertiary/aromatic N) is 2. The number of nitrogens with two attached hydrogens (primary N) is 1. The van der Waals surface area contributed by atoms with E-state index in [2.05, 4.69) is 15.3 Å². The minimum absolute atomic E-state index is 0. The van der Waals surface area contributed by atoms with Crippen LogP contribution in [0.15, 0.2) is 58.5 Å². The average Bonchev–Trinajstić information content (AvgIpc) is 2.62. The van der Waals surface area contributed by atoms with Gasteiger partial charge in [-0.3, -0.25) is 9.98 Å². The third-order valence-electron chi connectivity index (χ3n) is 3.73. The topological polar surface area (TPSA) is 81.8 Å². The molecule has 2 aromatic rings. The lowest BCUT2D eigenvalue weighted by Crippen LogP contribution is -3.00. The number of hydrogen-bond donors (Lipinski definition) is 3. The molecule has 2 aromatic carbocycles. The molecule has 140 valence electrons. The zero-order valence-corrected chi connectivity index (χ0v) is 15.5. The Hall–Kier alpha value is -2.37. The molecule has 0 amide bonds. The molecule has 0 bridgehead atoms. The second kappa shape index (κ2) is 12.9. The minimum Gasteiger partial charge on any atom is -1.00 e. The van der Waals surface area contributed by atoms with Gasteiger partial charge in [0.15, 0.2) is 0 Å². The van der Waals surface area contributed by atoms with Crippen molar-refractivity contribution in [2.45, 2.75) is 12.8 Å². The fraction of sp³-hybridized carbons (Fsp3) is 0.300. The highest BCUT2D eigenvalue weighted by atomic mass is 35.5. The molecule has 0 radical (unpaired) electrons. The van der Waals surface area contributed by atoms with Gasteiger partial charge in [0.1, 0.15) is 11.5 Å². The van der Waals surface area contributed by atoms with Crippen LogP contribution < -0.4 is 17.7 Å². The minimum atomic E-state index is 0. The Morgan fingerprint density at radius 3 is 1.58 bits per heavy atom. The Kier molecular flexibility index (Phi) is 10.8. The van der Waals surface area contributed by atoms with Gasteiger partial charge in [-0.2, -0.15) is 0 Å². The van der Waals surface area contributed by atoms with E-state index in [1.54, 1.807) is 36.7 Å². The molecule has 0 unspecified atom stereocenters. The summed E-state index contributed by atoms with van der Waals surface area (Å²) in [6.45, 7) is 3.58. The molecule has 6 heteroatoms. The van der Waals surface area contributed by atoms with Crippen LogP contribution in [0.2, 0.25) is 0 Å². The van der Waals surface area contributed by atoms with Gasteiger partial charge in [0, 0.05) is 49.5 Å². The first-order valence-corrected chi connectivity index (χ1v) is 8.64. The molecule has 26 heavy (non-hydrogen) atoms. The lowest BCUT2D eigenvalue weighted by atomic mass is 10.2. The van der Waals surface area contributed by atoms with E-state index < -0.39 is 0 Å². The normalized spacial score (nSPS) is 11.1. The monoisotopic (exact) mass is 375 g/mol. The Balaban J connectivity index is 0.00000338. The molecule has 2 rings (SSSR count). The molecule has 0 atom stereocenters. The number of rotatable bonds is 10. The summed E-state index contributed by atoms with van der Waals surface area (Å²) in [7, 11) is 0. The highest BCUT2D eigenvalue weighted by Crippen LogP contribution is 2.13. The SMILES string of the molecule is Oc1ccccc1C=NCCC[NH2+]CCCN=Cc1ccccc1O.[Cl-]. The Bertz CT molecular complexity index is 645. The summed E-state index contributed by atoms with van der Waals surface area (Å²) in [4.78, 5) is 8.68. The van der Waals surface area contributed by atoms with Gasteiger partial charge in [0.25, 0.3) is 0 Å². The lowest BCUT2D eigenvalue weighted by molar-refractivity contribution is -0.654. The predicted octanol–water partition coefficient (Wildman–Crippen LogP) is -1.02. The van der Waals surface area contributed by atoms with Crippen LogP contribution in [0.5, 0.6) is 11.5 Å². The van der Waals surface area contributed by atoms with Gasteiger partial charge in [-0.1, -0.05) is 24.3 Å². The first-order chi connectivity index (χ1) is 12.3. The number of benzene rings is 2. The van der Waals surface area contributed by atoms with Crippen molar-refractivity contribution in [3.8, 4) is 11.5 Å². The van der Waals surface area contributed by atoms with E-state index in [-0.39, 0.29) is 23.9 Å². The molecule has 0 fully saturated rings. The number of phenolic OH excluding ortho intramolecular Hbond substituents is 2. The van der Waals surface area contributed by atoms with E-state index in [9.17, 15) is 10.2 Å². The van der Waals surface area contributed by atoms with Gasteiger partial charge in [0.05, 0.1) is 13.1 Å². The van der Waals surface area contributed by atoms with Gasteiger partial charge in [0.2, 0.25) is 0 Å². The van der Waals surface area contributed by atoms with E-state index in [1.807, 2.05) is 24.3 Å². The van der Waals surface area contributed by atoms with E-state index in [0.717, 1.165) is 50.1 Å². The smallest absolute Gasteiger partial charge is 0.124 e. The van der Waals surface area contributed by atoms with Gasteiger partial charge in [-0.15, -0.1) is 0 Å². The maximum absolute atomic E-state index is 9.62. The fourth-order valence-electron chi connectivity index (χ4n) is 2.32. The molecule has 0 aromatic heterocycles. The van der Waals surface area contributed by atoms with Gasteiger partial charge >= 0.3 is 0 Å². The molecular formula is C20H26ClN3O2. The first kappa shape index (κ1) is 21.7. The van der Waals surface area contributed by atoms with Gasteiger partial charge < -0.3 is 27.9 Å². The van der Waals surface area contributed by atoms with Crippen molar-refractivity contribution in [2.75, 3.05) is 26.2 Å². The standard InChI is InChI=1S/C20H25N3O2.ClH/c24-19-9-3-1-7-17(19)15-22-13-5-11-21-12-6-14-23-16-18-8-2-4-10-20(18)25;/h1-4,7-10,15-16,21,24-25H,5-6,11-14H2;1H. The third-order valence-corrected chi connectivity index (χ3v) is 3.73. The van der Waals surface area contributed by atoms with Crippen LogP contribution in [0, 0.1) is 0 Å². The number of aliphatic imine (C=N–C) groups is 2. The summed E-state index contributed by atoms with van der Waals surface area (Å²) in [5, 5.41) is 21.5. The number of para-hydroxylation sites is 2. The maximum Gasteiger partial charge on any atom is 0.124 e. The van der Waals surface area contributed by atoms with Crippen LogP contribution >= 0.6 is 0 Å². The average molecular weight is 376 g/mol. The Labute approximate surface area is 160 Å². The quantitative estimate of drug-likeness (QED) is 0.367. The molecule has 0 saturated heterocycles. The molecule has 5 nitrogen and oxygen atoms in total. The van der Waals surface area contributed by atoms with Crippen molar-refractivity contribution >= 4 is 12.4 Å². The summed E-state index contributed by atoms with van der Waals surface area (Å²) < 4.78 is 0. The maximum atomic E-state index is 9.62. The molecule has 0 heterocycles. The van der Waals surface area contributed by atoms with Crippen LogP contribution in [0.25, 0.3) is 0 Å². The number of hydrogen-bond acceptors (Lipinski definition) is 4. The van der Waals surface area contributed by atoms with Crippen LogP contribution in [-0.4, -0.2) is 48.8 Å². The van der Waals surface area contributed by atoms with Crippen molar-refractivity contribution in [3.63, 3.8) is 0 Å². The van der Waals surface area contributed by atoms with Crippen LogP contribution in [0.3, 0.4) is 0 Å². The van der Waals surface area contributed by atoms with E-state index in [4.69, 9.17) is 0 Å². The van der Waals surface area contributed by atoms with Crippen molar-refractivity contribution in [1.29, 1.82) is 0 Å². The second-order valence-electron chi connectivity index (χ2n) is 5.76. The molecule has 0 saturated carbocycles. The molecule has 0 aliphatic rings. The highest BCUT2D eigenvalue weighted by Gasteiger charge is 1.96. The number of aromatic hydroxyl groups is 2. The zero-order chi connectivity index (χ0) is 17.7. The van der Waals surface area contributed by atoms with Crippen LogP contribution in [0.1, 0.15) is 24.0 Å². The fourth-order valence-corrected chi connectivity index (χ4v) is 2.32. The summed E-state index contributed by atoms with van der Waals surface area (Å²) in [5.41, 5.74) is 1.52. The van der Waals surface area contributed by atoms with Crippen LogP contribution in [-0.2, 0) is 0 Å². The summed E-state index contributed by atoms with van der Waals surface area (Å²) in [6, 6.07) is 14.4. The second-order valence-corrected chi connectivity index (χ2v) is 5.76. The van der Waals surface area contributed by atoms with Gasteiger partial charge in [-0.25, -0.2) is 0 Å². The van der Waals surface area contributed by atoms with Crippen molar-refractivity contribution in [3.05, 3.63) is 59.7 Å². The predicted molar refractivity (Wildman–Crippen MR) is 102 cm³/mol. The van der Waals surface area contributed by atoms with E-state index in [1.165, 1.54) is 0 Å². The van der Waals surface area contributed by atoms with Gasteiger partial charge in [-0.05, 0) is 24.3 Å². The molecule has 4 N–H and O–H groups in total. The van der Waals surface area contributed by atoms with Crippen LogP contribution in [0.4, 0.5) is 0 Å². The molecular weight excluding hydrogens is 350 g/mol. The number of halogens is 1. The summed E-state index contributed by atoms with van der Waals surface area (Å²) >= 11 is 0. The largest absolute Gasteiger partial charge is 1.00 e. The Morgan fingerprint density at radius 1 is 0.731 bits per heavy atom. The lowest BCUT2D eigenvalue weighted by Gasteiger charge is -2.00. The number of phenols is 2. The number of quaternary nitrogens is 1. The van der Waals surface area contributed by atoms with E-state index in [0.29, 0.717) is 0 Å². The van der Waals surface area contributed by atoms with Crippen molar-refractivity contribution < 1.29 is 27.9 Å². The summed E-state index contributed by atoms with van der Waals surface area (Å²) in [6.07, 6.45) is 5.46. The summed E-state index contributed by atoms with van der Waals surface area (Å²) in [5.74, 6) is 0.532. The van der Waals surface area contributed by atoms with Crippen molar-refractivity contribution in [1.82, 2.24) is 0 Å². The zero-order valence-electron chi connectivity index (χ0n) is 14.8.